The summed E-state index contributed by atoms with van der Waals surface area (Å²) in [6.07, 6.45) is 0.889. The number of carbonyl (C=O) groups is 1. The fourth-order valence-electron chi connectivity index (χ4n) is 1.64. The maximum Gasteiger partial charge on any atom is 0.270 e. The molecule has 1 atom stereocenters. The highest BCUT2D eigenvalue weighted by atomic mass is 35.5. The highest BCUT2D eigenvalue weighted by Crippen LogP contribution is 2.21. The third-order valence-electron chi connectivity index (χ3n) is 2.89. The van der Waals surface area contributed by atoms with Crippen molar-refractivity contribution in [2.75, 3.05) is 0 Å². The van der Waals surface area contributed by atoms with Gasteiger partial charge in [-0.05, 0) is 25.5 Å². The second-order valence-corrected chi connectivity index (χ2v) is 4.70. The van der Waals surface area contributed by atoms with Crippen LogP contribution >= 0.6 is 11.6 Å². The van der Waals surface area contributed by atoms with Crippen molar-refractivity contribution in [1.29, 1.82) is 0 Å². The van der Waals surface area contributed by atoms with E-state index in [1.54, 1.807) is 12.1 Å². The van der Waals surface area contributed by atoms with Gasteiger partial charge in [0.15, 0.2) is 0 Å². The van der Waals surface area contributed by atoms with Crippen LogP contribution in [0.5, 0.6) is 0 Å². The maximum absolute atomic E-state index is 12.0. The van der Waals surface area contributed by atoms with Gasteiger partial charge in [-0.3, -0.25) is 4.79 Å². The predicted octanol–water partition coefficient (Wildman–Crippen LogP) is 3.42. The molecule has 1 N–H and O–H groups in total. The van der Waals surface area contributed by atoms with Gasteiger partial charge in [-0.15, -0.1) is 0 Å². The molecule has 0 aliphatic heterocycles. The van der Waals surface area contributed by atoms with Gasteiger partial charge in [-0.25, -0.2) is 4.98 Å². The van der Waals surface area contributed by atoms with Crippen LogP contribution in [0.4, 0.5) is 0 Å². The molecule has 0 saturated heterocycles. The van der Waals surface area contributed by atoms with Crippen molar-refractivity contribution in [3.63, 3.8) is 0 Å². The van der Waals surface area contributed by atoms with E-state index in [1.807, 2.05) is 32.0 Å². The molecule has 0 aliphatic rings. The zero-order valence-corrected chi connectivity index (χ0v) is 11.2. The first-order valence-corrected chi connectivity index (χ1v) is 6.35. The van der Waals surface area contributed by atoms with Crippen molar-refractivity contribution in [3.05, 3.63) is 41.0 Å². The average molecular weight is 263 g/mol. The zero-order valence-electron chi connectivity index (χ0n) is 10.4. The Balaban J connectivity index is 2.35. The van der Waals surface area contributed by atoms with Crippen LogP contribution in [0.25, 0.3) is 10.9 Å². The molecular formula is C14H15ClN2O. The molecule has 4 heteroatoms. The van der Waals surface area contributed by atoms with E-state index in [2.05, 4.69) is 10.3 Å². The highest BCUT2D eigenvalue weighted by molar-refractivity contribution is 6.35. The second kappa shape index (κ2) is 5.36. The minimum Gasteiger partial charge on any atom is -0.348 e. The van der Waals surface area contributed by atoms with Crippen molar-refractivity contribution in [1.82, 2.24) is 10.3 Å². The molecule has 18 heavy (non-hydrogen) atoms. The Morgan fingerprint density at radius 2 is 2.17 bits per heavy atom. The molecule has 0 bridgehead atoms. The SMILES string of the molecule is CCC(C)NC(=O)c1ccc2cccc(Cl)c2n1. The maximum atomic E-state index is 12.0. The largest absolute Gasteiger partial charge is 0.348 e. The third kappa shape index (κ3) is 2.62. The molecule has 1 aromatic carbocycles. The highest BCUT2D eigenvalue weighted by Gasteiger charge is 2.11. The molecule has 1 heterocycles. The molecule has 0 spiro atoms. The van der Waals surface area contributed by atoms with Crippen LogP contribution in [0.15, 0.2) is 30.3 Å². The summed E-state index contributed by atoms with van der Waals surface area (Å²) in [4.78, 5) is 16.3. The summed E-state index contributed by atoms with van der Waals surface area (Å²) < 4.78 is 0. The van der Waals surface area contributed by atoms with Crippen molar-refractivity contribution >= 4 is 28.4 Å². The van der Waals surface area contributed by atoms with Crippen LogP contribution in [0.3, 0.4) is 0 Å². The second-order valence-electron chi connectivity index (χ2n) is 4.29. The molecule has 1 unspecified atom stereocenters. The number of pyridine rings is 1. The number of benzene rings is 1. The van der Waals surface area contributed by atoms with Gasteiger partial charge in [-0.2, -0.15) is 0 Å². The number of rotatable bonds is 3. The number of fused-ring (bicyclic) bond motifs is 1. The number of nitrogens with zero attached hydrogens (tertiary/aromatic N) is 1. The predicted molar refractivity (Wildman–Crippen MR) is 74.0 cm³/mol. The van der Waals surface area contributed by atoms with Gasteiger partial charge in [-0.1, -0.05) is 36.7 Å². The van der Waals surface area contributed by atoms with Crippen molar-refractivity contribution < 1.29 is 4.79 Å². The summed E-state index contributed by atoms with van der Waals surface area (Å²) in [5.41, 5.74) is 1.06. The lowest BCUT2D eigenvalue weighted by Crippen LogP contribution is -2.32. The number of hydrogen-bond acceptors (Lipinski definition) is 2. The van der Waals surface area contributed by atoms with E-state index < -0.39 is 0 Å². The molecule has 1 aromatic heterocycles. The van der Waals surface area contributed by atoms with Gasteiger partial charge >= 0.3 is 0 Å². The molecule has 3 nitrogen and oxygen atoms in total. The van der Waals surface area contributed by atoms with Gasteiger partial charge in [0, 0.05) is 11.4 Å². The minimum atomic E-state index is -0.161. The van der Waals surface area contributed by atoms with E-state index in [4.69, 9.17) is 11.6 Å². The van der Waals surface area contributed by atoms with E-state index in [1.165, 1.54) is 0 Å². The minimum absolute atomic E-state index is 0.140. The molecule has 0 aliphatic carbocycles. The zero-order chi connectivity index (χ0) is 13.1. The molecule has 0 saturated carbocycles. The van der Waals surface area contributed by atoms with Crippen LogP contribution in [0, 0.1) is 0 Å². The van der Waals surface area contributed by atoms with Crippen LogP contribution in [0.2, 0.25) is 5.02 Å². The van der Waals surface area contributed by atoms with Crippen molar-refractivity contribution in [2.24, 2.45) is 0 Å². The number of carbonyl (C=O) groups excluding carboxylic acids is 1. The first-order chi connectivity index (χ1) is 8.61. The average Bonchev–Trinajstić information content (AvgIpc) is 2.38. The molecular weight excluding hydrogens is 248 g/mol. The van der Waals surface area contributed by atoms with Crippen LogP contribution in [-0.4, -0.2) is 16.9 Å². The Labute approximate surface area is 111 Å². The first-order valence-electron chi connectivity index (χ1n) is 5.98. The van der Waals surface area contributed by atoms with Gasteiger partial charge < -0.3 is 5.32 Å². The Hall–Kier alpha value is -1.61. The van der Waals surface area contributed by atoms with E-state index in [0.717, 1.165) is 11.8 Å². The van der Waals surface area contributed by atoms with Crippen molar-refractivity contribution in [2.45, 2.75) is 26.3 Å². The van der Waals surface area contributed by atoms with E-state index in [-0.39, 0.29) is 11.9 Å². The molecule has 2 rings (SSSR count). The number of para-hydroxylation sites is 1. The monoisotopic (exact) mass is 262 g/mol. The fourth-order valence-corrected chi connectivity index (χ4v) is 1.86. The molecule has 0 radical (unpaired) electrons. The number of halogens is 1. The van der Waals surface area contributed by atoms with Gasteiger partial charge in [0.2, 0.25) is 0 Å². The molecule has 1 amide bonds. The van der Waals surface area contributed by atoms with E-state index in [0.29, 0.717) is 16.2 Å². The van der Waals surface area contributed by atoms with Crippen LogP contribution in [-0.2, 0) is 0 Å². The number of aromatic nitrogens is 1. The summed E-state index contributed by atoms with van der Waals surface area (Å²) in [7, 11) is 0. The van der Waals surface area contributed by atoms with Gasteiger partial charge in [0.25, 0.3) is 5.91 Å². The smallest absolute Gasteiger partial charge is 0.270 e. The van der Waals surface area contributed by atoms with E-state index in [9.17, 15) is 4.79 Å². The van der Waals surface area contributed by atoms with E-state index >= 15 is 0 Å². The Kier molecular flexibility index (Phi) is 3.82. The third-order valence-corrected chi connectivity index (χ3v) is 3.20. The lowest BCUT2D eigenvalue weighted by molar-refractivity contribution is 0.0934. The Morgan fingerprint density at radius 1 is 1.39 bits per heavy atom. The lowest BCUT2D eigenvalue weighted by Gasteiger charge is -2.11. The normalized spacial score (nSPS) is 12.4. The van der Waals surface area contributed by atoms with Crippen LogP contribution < -0.4 is 5.32 Å². The Morgan fingerprint density at radius 3 is 2.89 bits per heavy atom. The van der Waals surface area contributed by atoms with Gasteiger partial charge in [0.05, 0.1) is 10.5 Å². The standard InChI is InChI=1S/C14H15ClN2O/c1-3-9(2)16-14(18)12-8-7-10-5-4-6-11(15)13(10)17-12/h4-9H,3H2,1-2H3,(H,16,18). The quantitative estimate of drug-likeness (QED) is 0.921. The molecule has 94 valence electrons. The summed E-state index contributed by atoms with van der Waals surface area (Å²) >= 11 is 6.07. The molecule has 2 aromatic rings. The van der Waals surface area contributed by atoms with Crippen molar-refractivity contribution in [3.8, 4) is 0 Å². The summed E-state index contributed by atoms with van der Waals surface area (Å²) in [6, 6.07) is 9.28. The lowest BCUT2D eigenvalue weighted by atomic mass is 10.2. The Bertz CT molecular complexity index is 583. The summed E-state index contributed by atoms with van der Waals surface area (Å²) in [5, 5.41) is 4.38. The molecule has 0 fully saturated rings. The summed E-state index contributed by atoms with van der Waals surface area (Å²) in [6.45, 7) is 3.99. The number of hydrogen-bond donors (Lipinski definition) is 1. The van der Waals surface area contributed by atoms with Crippen LogP contribution in [0.1, 0.15) is 30.8 Å². The van der Waals surface area contributed by atoms with Gasteiger partial charge in [0.1, 0.15) is 5.69 Å². The first kappa shape index (κ1) is 12.8. The summed E-state index contributed by atoms with van der Waals surface area (Å²) in [5.74, 6) is -0.161. The fraction of sp³-hybridized carbons (Fsp3) is 0.286. The number of amides is 1. The topological polar surface area (TPSA) is 42.0 Å². The number of nitrogens with one attached hydrogen (secondary N) is 1.